The molecule has 5 heterocycles. The molecule has 13 heteroatoms. The first-order chi connectivity index (χ1) is 24.7. The highest BCUT2D eigenvalue weighted by atomic mass is 16.3. The van der Waals surface area contributed by atoms with Gasteiger partial charge in [-0.15, -0.1) is 0 Å². The lowest BCUT2D eigenvalue weighted by atomic mass is 9.85. The summed E-state index contributed by atoms with van der Waals surface area (Å²) in [6.07, 6.45) is 6.50. The maximum Gasteiger partial charge on any atom is 0.244 e. The Kier molecular flexibility index (Phi) is 11.2. The fraction of sp³-hybridized carbons (Fsp3) is 0.368. The zero-order chi connectivity index (χ0) is 35.7. The van der Waals surface area contributed by atoms with E-state index in [9.17, 15) is 28.8 Å². The maximum atomic E-state index is 13.6. The first kappa shape index (κ1) is 35.1. The molecule has 6 amide bonds. The molecular formula is C38H42N6O7. The van der Waals surface area contributed by atoms with Gasteiger partial charge in [0, 0.05) is 56.6 Å². The molecule has 2 aromatic carbocycles. The standard InChI is InChI=1S/C38H42N6O7/c45-33-13-14-34(46)42-29-11-9-24(10-12-29)36(48)44-32(19-30-6-3-15-51-30)38(50)40-21-27-5-2-1-4-25(27)18-35(47)43-31-17-26-8-7-23(20-39-33)16-28(26)22-41-37(31)49/h1-8,13-16,24,29,31-32H,9-12,17-22H2,(H,39,45)(H,40,50)(H,41,49)(H,42,46)(H,43,47)(H,44,48)/b14-13+/t24-,29+,31-,32?/m0/s1. The number of carbonyl (C=O) groups is 6. The summed E-state index contributed by atoms with van der Waals surface area (Å²) in [6, 6.07) is 14.5. The quantitative estimate of drug-likeness (QED) is 0.234. The summed E-state index contributed by atoms with van der Waals surface area (Å²) in [5.74, 6) is -1.93. The predicted molar refractivity (Wildman–Crippen MR) is 185 cm³/mol. The average Bonchev–Trinajstić information content (AvgIpc) is 3.59. The average molecular weight is 695 g/mol. The van der Waals surface area contributed by atoms with Gasteiger partial charge in [-0.05, 0) is 65.6 Å². The number of fused-ring (bicyclic) bond motifs is 1. The summed E-state index contributed by atoms with van der Waals surface area (Å²) < 4.78 is 5.48. The molecule has 1 unspecified atom stereocenters. The normalized spacial score (nSPS) is 24.4. The predicted octanol–water partition coefficient (Wildman–Crippen LogP) is 1.38. The van der Waals surface area contributed by atoms with E-state index in [-0.39, 0.29) is 62.2 Å². The van der Waals surface area contributed by atoms with E-state index >= 15 is 0 Å². The van der Waals surface area contributed by atoms with Gasteiger partial charge in [0.15, 0.2) is 0 Å². The van der Waals surface area contributed by atoms with Crippen molar-refractivity contribution in [2.45, 2.75) is 82.7 Å². The van der Waals surface area contributed by atoms with E-state index in [1.165, 1.54) is 18.4 Å². The van der Waals surface area contributed by atoms with Gasteiger partial charge < -0.3 is 36.3 Å². The van der Waals surface area contributed by atoms with Crippen molar-refractivity contribution in [2.24, 2.45) is 5.92 Å². The molecule has 1 saturated carbocycles. The van der Waals surface area contributed by atoms with Crippen LogP contribution in [0.3, 0.4) is 0 Å². The van der Waals surface area contributed by atoms with Gasteiger partial charge >= 0.3 is 0 Å². The second-order valence-electron chi connectivity index (χ2n) is 13.3. The van der Waals surface area contributed by atoms with Crippen molar-refractivity contribution >= 4 is 35.4 Å². The van der Waals surface area contributed by atoms with Gasteiger partial charge in [0.05, 0.1) is 12.7 Å². The molecule has 6 N–H and O–H groups in total. The number of rotatable bonds is 2. The molecular weight excluding hydrogens is 652 g/mol. The molecule has 8 rings (SSSR count). The number of carbonyl (C=O) groups excluding carboxylic acids is 6. The van der Waals surface area contributed by atoms with E-state index in [0.29, 0.717) is 43.4 Å². The Labute approximate surface area is 295 Å². The molecule has 13 nitrogen and oxygen atoms in total. The Hall–Kier alpha value is -5.72. The highest BCUT2D eigenvalue weighted by Crippen LogP contribution is 2.25. The number of amides is 6. The van der Waals surface area contributed by atoms with Gasteiger partial charge in [0.1, 0.15) is 17.8 Å². The summed E-state index contributed by atoms with van der Waals surface area (Å²) >= 11 is 0. The molecule has 266 valence electrons. The van der Waals surface area contributed by atoms with E-state index in [0.717, 1.165) is 22.3 Å². The lowest BCUT2D eigenvalue weighted by molar-refractivity contribution is -0.132. The van der Waals surface area contributed by atoms with Crippen molar-refractivity contribution in [3.05, 3.63) is 107 Å². The zero-order valence-electron chi connectivity index (χ0n) is 28.2. The Morgan fingerprint density at radius 1 is 0.627 bits per heavy atom. The van der Waals surface area contributed by atoms with E-state index in [2.05, 4.69) is 31.9 Å². The molecule has 1 fully saturated rings. The van der Waals surface area contributed by atoms with Gasteiger partial charge in [0.25, 0.3) is 0 Å². The van der Waals surface area contributed by atoms with Gasteiger partial charge in [-0.25, -0.2) is 0 Å². The van der Waals surface area contributed by atoms with Crippen molar-refractivity contribution in [1.29, 1.82) is 0 Å². The van der Waals surface area contributed by atoms with E-state index in [1.54, 1.807) is 18.2 Å². The second kappa shape index (κ2) is 16.3. The van der Waals surface area contributed by atoms with Crippen LogP contribution in [-0.2, 0) is 67.7 Å². The molecule has 0 saturated heterocycles. The van der Waals surface area contributed by atoms with Crippen molar-refractivity contribution in [2.75, 3.05) is 0 Å². The molecule has 4 aliphatic heterocycles. The third-order valence-corrected chi connectivity index (χ3v) is 9.64. The SMILES string of the molecule is O=C1/C=C/C(=O)N[C@H]2CC[C@H](CC2)C(=O)NC(Cc2ccco2)C(=O)NCc2ccccc2CC(=O)N[C@H]2Cc3ccc(cc3CNC2=O)CN1. The molecule has 1 aliphatic carbocycles. The second-order valence-corrected chi connectivity index (χ2v) is 13.3. The first-order valence-electron chi connectivity index (χ1n) is 17.3. The summed E-state index contributed by atoms with van der Waals surface area (Å²) in [5, 5.41) is 17.3. The van der Waals surface area contributed by atoms with Crippen molar-refractivity contribution < 1.29 is 33.2 Å². The van der Waals surface area contributed by atoms with Gasteiger partial charge in [-0.1, -0.05) is 42.5 Å². The van der Waals surface area contributed by atoms with E-state index < -0.39 is 29.8 Å². The Balaban J connectivity index is 1.21. The Morgan fingerprint density at radius 2 is 1.37 bits per heavy atom. The highest BCUT2D eigenvalue weighted by Gasteiger charge is 2.31. The topological polar surface area (TPSA) is 188 Å². The van der Waals surface area contributed by atoms with E-state index in [1.807, 2.05) is 36.4 Å². The summed E-state index contributed by atoms with van der Waals surface area (Å²) in [7, 11) is 0. The van der Waals surface area contributed by atoms with Crippen LogP contribution in [0, 0.1) is 5.92 Å². The number of hydrogen-bond donors (Lipinski definition) is 6. The third kappa shape index (κ3) is 9.50. The Morgan fingerprint density at radius 3 is 2.16 bits per heavy atom. The largest absolute Gasteiger partial charge is 0.469 e. The molecule has 0 radical (unpaired) electrons. The fourth-order valence-corrected chi connectivity index (χ4v) is 6.79. The van der Waals surface area contributed by atoms with Crippen LogP contribution < -0.4 is 31.9 Å². The molecule has 5 aliphatic rings. The lowest BCUT2D eigenvalue weighted by Crippen LogP contribution is -2.50. The summed E-state index contributed by atoms with van der Waals surface area (Å²) in [4.78, 5) is 78.3. The molecule has 51 heavy (non-hydrogen) atoms. The van der Waals surface area contributed by atoms with Crippen molar-refractivity contribution in [3.8, 4) is 0 Å². The molecule has 0 spiro atoms. The van der Waals surface area contributed by atoms with Gasteiger partial charge in [-0.3, -0.25) is 28.8 Å². The third-order valence-electron chi connectivity index (χ3n) is 9.64. The smallest absolute Gasteiger partial charge is 0.244 e. The number of furan rings is 1. The van der Waals surface area contributed by atoms with Crippen LogP contribution in [0.1, 0.15) is 59.3 Å². The van der Waals surface area contributed by atoms with Crippen LogP contribution in [0.4, 0.5) is 0 Å². The molecule has 1 aromatic heterocycles. The van der Waals surface area contributed by atoms with Crippen molar-refractivity contribution in [3.63, 3.8) is 0 Å². The summed E-state index contributed by atoms with van der Waals surface area (Å²) in [5.41, 5.74) is 4.01. The van der Waals surface area contributed by atoms with Crippen LogP contribution in [0.25, 0.3) is 0 Å². The minimum absolute atomic E-state index is 0.00848. The van der Waals surface area contributed by atoms with Gasteiger partial charge in [-0.2, -0.15) is 0 Å². The van der Waals surface area contributed by atoms with Crippen molar-refractivity contribution in [1.82, 2.24) is 31.9 Å². The first-order valence-corrected chi connectivity index (χ1v) is 17.3. The molecule has 3 aromatic rings. The van der Waals surface area contributed by atoms with Crippen LogP contribution in [0.2, 0.25) is 0 Å². The molecule has 2 atom stereocenters. The van der Waals surface area contributed by atoms with Crippen LogP contribution in [0.5, 0.6) is 0 Å². The monoisotopic (exact) mass is 694 g/mol. The number of benzene rings is 2. The highest BCUT2D eigenvalue weighted by molar-refractivity contribution is 5.97. The number of hydrogen-bond acceptors (Lipinski definition) is 7. The zero-order valence-corrected chi connectivity index (χ0v) is 28.2. The van der Waals surface area contributed by atoms with Gasteiger partial charge in [0.2, 0.25) is 35.4 Å². The minimum atomic E-state index is -0.910. The van der Waals surface area contributed by atoms with Crippen LogP contribution in [0.15, 0.2) is 77.4 Å². The maximum absolute atomic E-state index is 13.6. The lowest BCUT2D eigenvalue weighted by Gasteiger charge is -2.29. The van der Waals surface area contributed by atoms with Crippen LogP contribution >= 0.6 is 0 Å². The summed E-state index contributed by atoms with van der Waals surface area (Å²) in [6.45, 7) is 0.612. The minimum Gasteiger partial charge on any atom is -0.469 e. The van der Waals surface area contributed by atoms with Crippen LogP contribution in [-0.4, -0.2) is 53.6 Å². The fourth-order valence-electron chi connectivity index (χ4n) is 6.79. The number of nitrogens with one attached hydrogen (secondary N) is 6. The molecule has 6 bridgehead atoms. The van der Waals surface area contributed by atoms with E-state index in [4.69, 9.17) is 4.42 Å². The Bertz CT molecular complexity index is 1810.